The van der Waals surface area contributed by atoms with E-state index < -0.39 is 0 Å². The number of unbranched alkanes of at least 4 members (excludes halogenated alkanes) is 2. The average Bonchev–Trinajstić information content (AvgIpc) is 4.19. The van der Waals surface area contributed by atoms with Crippen molar-refractivity contribution in [3.05, 3.63) is 178 Å². The van der Waals surface area contributed by atoms with E-state index in [4.69, 9.17) is 8.83 Å². The first-order chi connectivity index (χ1) is 36.2. The summed E-state index contributed by atoms with van der Waals surface area (Å²) in [5, 5.41) is 17.6. The zero-order valence-electron chi connectivity index (χ0n) is 46.3. The molecule has 6 heteroatoms. The van der Waals surface area contributed by atoms with Crippen molar-refractivity contribution in [1.82, 2.24) is 20.4 Å². The Morgan fingerprint density at radius 3 is 1.03 bits per heavy atom. The summed E-state index contributed by atoms with van der Waals surface area (Å²) in [5.74, 6) is 3.36. The van der Waals surface area contributed by atoms with Crippen LogP contribution in [0.4, 0.5) is 0 Å². The number of fused-ring (bicyclic) bond motifs is 3. The fraction of sp³-hybridized carbons (Fsp3) is 0.362. The lowest BCUT2D eigenvalue weighted by atomic mass is 9.65. The summed E-state index contributed by atoms with van der Waals surface area (Å²) in [6, 6.07) is 48.2. The molecule has 0 aliphatic heterocycles. The summed E-state index contributed by atoms with van der Waals surface area (Å²) < 4.78 is 12.4. The molecule has 0 N–H and O–H groups in total. The van der Waals surface area contributed by atoms with Gasteiger partial charge < -0.3 is 8.83 Å². The molecule has 0 amide bonds. The minimum atomic E-state index is -0.0976. The maximum absolute atomic E-state index is 6.18. The molecule has 1 aliphatic carbocycles. The zero-order chi connectivity index (χ0) is 52.7. The van der Waals surface area contributed by atoms with Gasteiger partial charge >= 0.3 is 0 Å². The molecule has 1 aliphatic rings. The molecule has 386 valence electrons. The molecule has 2 aromatic heterocycles. The van der Waals surface area contributed by atoms with Crippen molar-refractivity contribution in [2.75, 3.05) is 0 Å². The van der Waals surface area contributed by atoms with Crippen molar-refractivity contribution in [1.29, 1.82) is 0 Å². The summed E-state index contributed by atoms with van der Waals surface area (Å²) in [6.45, 7) is 22.8. The van der Waals surface area contributed by atoms with Gasteiger partial charge in [0.15, 0.2) is 0 Å². The smallest absolute Gasteiger partial charge is 0.248 e. The van der Waals surface area contributed by atoms with Gasteiger partial charge in [0.25, 0.3) is 0 Å². The van der Waals surface area contributed by atoms with Crippen LogP contribution in [-0.2, 0) is 16.2 Å². The maximum atomic E-state index is 6.18. The molecule has 2 atom stereocenters. The van der Waals surface area contributed by atoms with E-state index in [0.29, 0.717) is 35.4 Å². The van der Waals surface area contributed by atoms with Crippen LogP contribution >= 0.6 is 0 Å². The molecule has 0 spiro atoms. The van der Waals surface area contributed by atoms with Crippen LogP contribution in [0.25, 0.3) is 81.2 Å². The molecule has 6 nitrogen and oxygen atoms in total. The Bertz CT molecular complexity index is 2990. The van der Waals surface area contributed by atoms with E-state index in [-0.39, 0.29) is 16.2 Å². The highest BCUT2D eigenvalue weighted by atomic mass is 16.4. The second kappa shape index (κ2) is 22.9. The van der Waals surface area contributed by atoms with Gasteiger partial charge in [-0.15, -0.1) is 20.4 Å². The first-order valence-corrected chi connectivity index (χ1v) is 27.9. The summed E-state index contributed by atoms with van der Waals surface area (Å²) in [5.41, 5.74) is 16.7. The zero-order valence-corrected chi connectivity index (χ0v) is 46.3. The second-order valence-electron chi connectivity index (χ2n) is 23.3. The minimum Gasteiger partial charge on any atom is -0.416 e. The number of hydrogen-bond acceptors (Lipinski definition) is 6. The molecule has 8 aromatic rings. The van der Waals surface area contributed by atoms with Crippen molar-refractivity contribution >= 4 is 24.3 Å². The predicted octanol–water partition coefficient (Wildman–Crippen LogP) is 19.5. The summed E-state index contributed by atoms with van der Waals surface area (Å²) in [7, 11) is 0. The van der Waals surface area contributed by atoms with Gasteiger partial charge in [-0.3, -0.25) is 0 Å². The molecule has 6 aromatic carbocycles. The minimum absolute atomic E-state index is 0.0801. The van der Waals surface area contributed by atoms with Gasteiger partial charge in [0, 0.05) is 27.7 Å². The normalized spacial score (nSPS) is 14.2. The largest absolute Gasteiger partial charge is 0.416 e. The molecule has 0 saturated carbocycles. The van der Waals surface area contributed by atoms with Gasteiger partial charge in [-0.2, -0.15) is 0 Å². The highest BCUT2D eigenvalue weighted by Crippen LogP contribution is 2.57. The molecule has 0 saturated heterocycles. The van der Waals surface area contributed by atoms with Crippen LogP contribution in [0, 0.1) is 11.8 Å². The molecule has 2 heterocycles. The van der Waals surface area contributed by atoms with Crippen LogP contribution in [0.3, 0.4) is 0 Å². The van der Waals surface area contributed by atoms with Crippen LogP contribution in [-0.4, -0.2) is 20.4 Å². The van der Waals surface area contributed by atoms with Gasteiger partial charge in [0.1, 0.15) is 0 Å². The highest BCUT2D eigenvalue weighted by molar-refractivity contribution is 5.85. The van der Waals surface area contributed by atoms with Gasteiger partial charge in [-0.1, -0.05) is 230 Å². The Morgan fingerprint density at radius 2 is 0.720 bits per heavy atom. The number of hydrogen-bond donors (Lipinski definition) is 0. The van der Waals surface area contributed by atoms with Crippen molar-refractivity contribution < 1.29 is 8.83 Å². The molecule has 0 radical (unpaired) electrons. The molecular formula is C69H78N4O2. The van der Waals surface area contributed by atoms with E-state index in [0.717, 1.165) is 46.2 Å². The molecule has 9 rings (SSSR count). The maximum Gasteiger partial charge on any atom is 0.248 e. The first kappa shape index (κ1) is 52.9. The fourth-order valence-corrected chi connectivity index (χ4v) is 11.1. The lowest BCUT2D eigenvalue weighted by molar-refractivity contribution is 0.266. The Labute approximate surface area is 447 Å². The SMILES string of the molecule is CCCCC(CC)CC1(CC(CC)CCCC)c2cc(/C=C/c3ccc(-c4nnc(-c5ccc(C(C)(C)C)cc5)o4)cc3)ccc2-c2ccc(/C=C/c3ccc(-c4nnc(-c5ccc(C(C)(C)C)cc5)o4)cc3)cc21. The topological polar surface area (TPSA) is 77.8 Å². The summed E-state index contributed by atoms with van der Waals surface area (Å²) in [4.78, 5) is 0. The lowest BCUT2D eigenvalue weighted by Crippen LogP contribution is -2.31. The van der Waals surface area contributed by atoms with E-state index in [9.17, 15) is 0 Å². The predicted molar refractivity (Wildman–Crippen MR) is 314 cm³/mol. The molecule has 75 heavy (non-hydrogen) atoms. The Morgan fingerprint density at radius 1 is 0.413 bits per heavy atom. The Hall–Kier alpha value is -6.92. The quantitative estimate of drug-likeness (QED) is 0.0708. The van der Waals surface area contributed by atoms with Crippen molar-refractivity contribution in [2.45, 2.75) is 150 Å². The van der Waals surface area contributed by atoms with Crippen molar-refractivity contribution in [2.24, 2.45) is 11.8 Å². The van der Waals surface area contributed by atoms with Gasteiger partial charge in [0.2, 0.25) is 23.6 Å². The molecular weight excluding hydrogens is 917 g/mol. The van der Waals surface area contributed by atoms with Crippen molar-refractivity contribution in [3.8, 4) is 56.9 Å². The second-order valence-corrected chi connectivity index (χ2v) is 23.3. The Balaban J connectivity index is 0.990. The highest BCUT2D eigenvalue weighted by Gasteiger charge is 2.45. The molecule has 2 unspecified atom stereocenters. The number of rotatable bonds is 20. The van der Waals surface area contributed by atoms with E-state index in [1.807, 2.05) is 0 Å². The third-order valence-electron chi connectivity index (χ3n) is 15.9. The molecule has 0 bridgehead atoms. The number of aromatic nitrogens is 4. The number of benzene rings is 6. The third-order valence-corrected chi connectivity index (χ3v) is 15.9. The summed E-state index contributed by atoms with van der Waals surface area (Å²) in [6.07, 6.45) is 21.3. The van der Waals surface area contributed by atoms with Crippen molar-refractivity contribution in [3.63, 3.8) is 0 Å². The Kier molecular flexibility index (Phi) is 16.2. The van der Waals surface area contributed by atoms with Gasteiger partial charge in [-0.25, -0.2) is 0 Å². The van der Waals surface area contributed by atoms with Gasteiger partial charge in [0.05, 0.1) is 0 Å². The van der Waals surface area contributed by atoms with E-state index in [1.165, 1.54) is 95.9 Å². The van der Waals surface area contributed by atoms with Gasteiger partial charge in [-0.05, 0) is 140 Å². The van der Waals surface area contributed by atoms with Crippen LogP contribution in [0.2, 0.25) is 0 Å². The van der Waals surface area contributed by atoms with Crippen LogP contribution in [0.1, 0.15) is 178 Å². The first-order valence-electron chi connectivity index (χ1n) is 27.9. The lowest BCUT2D eigenvalue weighted by Gasteiger charge is -2.39. The third kappa shape index (κ3) is 12.1. The van der Waals surface area contributed by atoms with Crippen LogP contribution < -0.4 is 0 Å². The summed E-state index contributed by atoms with van der Waals surface area (Å²) >= 11 is 0. The standard InChI is InChI=1S/C69H78N4O2/c1-11-15-17-47(13-3)45-69(46-48(14-4)18-16-12-2)61-43-51(21-19-49-23-29-53(30-24-49)63-70-72-65(74-63)55-33-37-57(38-34-55)67(5,6)7)27-41-59(61)60-42-28-52(44-62(60)69)22-20-50-25-31-54(32-26-50)64-71-73-66(75-64)56-35-39-58(40-36-56)68(8,9)10/h19-44,47-48H,11-18,45-46H2,1-10H3/b21-19+,22-20+. The van der Waals surface area contributed by atoms with Crippen LogP contribution in [0.5, 0.6) is 0 Å². The average molecular weight is 995 g/mol. The monoisotopic (exact) mass is 995 g/mol. The van der Waals surface area contributed by atoms with E-state index in [2.05, 4.69) is 247 Å². The molecule has 0 fully saturated rings. The van der Waals surface area contributed by atoms with E-state index >= 15 is 0 Å². The fourth-order valence-electron chi connectivity index (χ4n) is 11.1. The van der Waals surface area contributed by atoms with Crippen LogP contribution in [0.15, 0.2) is 142 Å². The van der Waals surface area contributed by atoms with E-state index in [1.54, 1.807) is 0 Å². The number of nitrogens with zero attached hydrogens (tertiary/aromatic N) is 4.